The first kappa shape index (κ1) is 17.2. The Kier molecular flexibility index (Phi) is 8.24. The zero-order chi connectivity index (χ0) is 15.5. The fraction of sp³-hybridized carbons (Fsp3) is 0.579. The summed E-state index contributed by atoms with van der Waals surface area (Å²) in [5.74, 6) is 0. The Bertz CT molecular complexity index is 422. The van der Waals surface area contributed by atoms with Gasteiger partial charge in [-0.1, -0.05) is 42.0 Å². The van der Waals surface area contributed by atoms with Crippen molar-refractivity contribution in [2.75, 3.05) is 19.8 Å². The van der Waals surface area contributed by atoms with E-state index in [-0.39, 0.29) is 6.29 Å². The quantitative estimate of drug-likeness (QED) is 0.497. The Balaban J connectivity index is 1.50. The van der Waals surface area contributed by atoms with Gasteiger partial charge in [0.1, 0.15) is 0 Å². The first-order valence-electron chi connectivity index (χ1n) is 8.35. The van der Waals surface area contributed by atoms with Crippen molar-refractivity contribution < 1.29 is 14.2 Å². The molecule has 1 fully saturated rings. The third-order valence-corrected chi connectivity index (χ3v) is 3.82. The number of ether oxygens (including phenoxy) is 3. The predicted octanol–water partition coefficient (Wildman–Crippen LogP) is 4.47. The van der Waals surface area contributed by atoms with Gasteiger partial charge in [0.15, 0.2) is 6.29 Å². The van der Waals surface area contributed by atoms with Crippen LogP contribution in [0.2, 0.25) is 0 Å². The van der Waals surface area contributed by atoms with Crippen LogP contribution >= 0.6 is 0 Å². The lowest BCUT2D eigenvalue weighted by Crippen LogP contribution is -2.22. The molecule has 0 N–H and O–H groups in total. The van der Waals surface area contributed by atoms with Gasteiger partial charge in [-0.25, -0.2) is 0 Å². The fourth-order valence-electron chi connectivity index (χ4n) is 2.46. The van der Waals surface area contributed by atoms with Gasteiger partial charge in [-0.3, -0.25) is 0 Å². The van der Waals surface area contributed by atoms with Crippen LogP contribution in [0.15, 0.2) is 42.0 Å². The molecule has 22 heavy (non-hydrogen) atoms. The van der Waals surface area contributed by atoms with E-state index in [0.717, 1.165) is 32.5 Å². The molecule has 1 heterocycles. The van der Waals surface area contributed by atoms with Crippen molar-refractivity contribution in [3.05, 3.63) is 47.5 Å². The molecule has 2 rings (SSSR count). The summed E-state index contributed by atoms with van der Waals surface area (Å²) in [5, 5.41) is 0. The summed E-state index contributed by atoms with van der Waals surface area (Å²) in [6, 6.07) is 10.3. The molecule has 0 spiro atoms. The highest BCUT2D eigenvalue weighted by atomic mass is 16.7. The number of hydrogen-bond acceptors (Lipinski definition) is 3. The summed E-state index contributed by atoms with van der Waals surface area (Å²) >= 11 is 0. The Morgan fingerprint density at radius 1 is 1.27 bits per heavy atom. The van der Waals surface area contributed by atoms with E-state index in [1.165, 1.54) is 24.0 Å². The molecule has 0 amide bonds. The van der Waals surface area contributed by atoms with Gasteiger partial charge >= 0.3 is 0 Å². The molecular weight excluding hydrogens is 276 g/mol. The molecule has 1 unspecified atom stereocenters. The SMILES string of the molecule is C/C(=C\COCc1ccccc1)CCCOC1CCCCO1. The van der Waals surface area contributed by atoms with Gasteiger partial charge < -0.3 is 14.2 Å². The van der Waals surface area contributed by atoms with E-state index in [2.05, 4.69) is 25.1 Å². The monoisotopic (exact) mass is 304 g/mol. The normalized spacial score (nSPS) is 19.3. The van der Waals surface area contributed by atoms with Gasteiger partial charge in [0.05, 0.1) is 19.8 Å². The average molecular weight is 304 g/mol. The maximum Gasteiger partial charge on any atom is 0.157 e. The third-order valence-electron chi connectivity index (χ3n) is 3.82. The van der Waals surface area contributed by atoms with E-state index in [1.54, 1.807) is 0 Å². The Morgan fingerprint density at radius 2 is 2.14 bits per heavy atom. The topological polar surface area (TPSA) is 27.7 Å². The first-order valence-corrected chi connectivity index (χ1v) is 8.35. The molecule has 1 aliphatic heterocycles. The molecule has 3 nitrogen and oxygen atoms in total. The van der Waals surface area contributed by atoms with Gasteiger partial charge in [0, 0.05) is 6.61 Å². The lowest BCUT2D eigenvalue weighted by molar-refractivity contribution is -0.162. The van der Waals surface area contributed by atoms with E-state index in [9.17, 15) is 0 Å². The molecule has 3 heteroatoms. The van der Waals surface area contributed by atoms with Crippen LogP contribution in [0.25, 0.3) is 0 Å². The van der Waals surface area contributed by atoms with E-state index in [0.29, 0.717) is 13.2 Å². The molecule has 1 aromatic carbocycles. The molecule has 0 aliphatic carbocycles. The molecular formula is C19H28O3. The Hall–Kier alpha value is -1.16. The highest BCUT2D eigenvalue weighted by molar-refractivity contribution is 5.13. The second-order valence-electron chi connectivity index (χ2n) is 5.82. The second kappa shape index (κ2) is 10.5. The molecule has 0 saturated carbocycles. The summed E-state index contributed by atoms with van der Waals surface area (Å²) < 4.78 is 16.9. The highest BCUT2D eigenvalue weighted by Crippen LogP contribution is 2.14. The van der Waals surface area contributed by atoms with Crippen LogP contribution in [0, 0.1) is 0 Å². The molecule has 1 atom stereocenters. The zero-order valence-corrected chi connectivity index (χ0v) is 13.6. The highest BCUT2D eigenvalue weighted by Gasteiger charge is 2.13. The molecule has 122 valence electrons. The average Bonchev–Trinajstić information content (AvgIpc) is 2.57. The van der Waals surface area contributed by atoms with Crippen molar-refractivity contribution >= 4 is 0 Å². The smallest absolute Gasteiger partial charge is 0.157 e. The van der Waals surface area contributed by atoms with Crippen LogP contribution in [-0.2, 0) is 20.8 Å². The van der Waals surface area contributed by atoms with Gasteiger partial charge in [0.2, 0.25) is 0 Å². The van der Waals surface area contributed by atoms with E-state index < -0.39 is 0 Å². The summed E-state index contributed by atoms with van der Waals surface area (Å²) in [5.41, 5.74) is 2.58. The van der Waals surface area contributed by atoms with Crippen LogP contribution in [0.5, 0.6) is 0 Å². The maximum absolute atomic E-state index is 5.74. The first-order chi connectivity index (χ1) is 10.8. The fourth-order valence-corrected chi connectivity index (χ4v) is 2.46. The van der Waals surface area contributed by atoms with E-state index in [1.807, 2.05) is 18.2 Å². The number of rotatable bonds is 9. The van der Waals surface area contributed by atoms with Gasteiger partial charge in [-0.05, 0) is 44.6 Å². The minimum Gasteiger partial charge on any atom is -0.373 e. The summed E-state index contributed by atoms with van der Waals surface area (Å²) in [6.07, 6.45) is 7.74. The van der Waals surface area contributed by atoms with Gasteiger partial charge in [-0.2, -0.15) is 0 Å². The van der Waals surface area contributed by atoms with Crippen LogP contribution in [0.3, 0.4) is 0 Å². The van der Waals surface area contributed by atoms with E-state index >= 15 is 0 Å². The van der Waals surface area contributed by atoms with Crippen LogP contribution in [0.4, 0.5) is 0 Å². The summed E-state index contributed by atoms with van der Waals surface area (Å²) in [4.78, 5) is 0. The van der Waals surface area contributed by atoms with E-state index in [4.69, 9.17) is 14.2 Å². The minimum absolute atomic E-state index is 0.0345. The van der Waals surface area contributed by atoms with Crippen molar-refractivity contribution in [3.8, 4) is 0 Å². The molecule has 1 aromatic rings. The summed E-state index contributed by atoms with van der Waals surface area (Å²) in [7, 11) is 0. The molecule has 1 aliphatic rings. The molecule has 1 saturated heterocycles. The number of allylic oxidation sites excluding steroid dienone is 1. The lowest BCUT2D eigenvalue weighted by Gasteiger charge is -2.22. The Labute approximate surface area is 134 Å². The van der Waals surface area contributed by atoms with Crippen LogP contribution in [0.1, 0.15) is 44.6 Å². The maximum atomic E-state index is 5.74. The van der Waals surface area contributed by atoms with Gasteiger partial charge in [0.25, 0.3) is 0 Å². The number of benzene rings is 1. The van der Waals surface area contributed by atoms with Crippen molar-refractivity contribution in [2.24, 2.45) is 0 Å². The molecule has 0 aromatic heterocycles. The Morgan fingerprint density at radius 3 is 2.91 bits per heavy atom. The van der Waals surface area contributed by atoms with Crippen molar-refractivity contribution in [3.63, 3.8) is 0 Å². The lowest BCUT2D eigenvalue weighted by atomic mass is 10.1. The zero-order valence-electron chi connectivity index (χ0n) is 13.6. The van der Waals surface area contributed by atoms with Crippen molar-refractivity contribution in [2.45, 2.75) is 51.9 Å². The summed E-state index contributed by atoms with van der Waals surface area (Å²) in [6.45, 7) is 5.13. The van der Waals surface area contributed by atoms with Crippen LogP contribution < -0.4 is 0 Å². The predicted molar refractivity (Wildman–Crippen MR) is 88.6 cm³/mol. The molecule has 0 radical (unpaired) electrons. The van der Waals surface area contributed by atoms with Gasteiger partial charge in [-0.15, -0.1) is 0 Å². The third kappa shape index (κ3) is 7.21. The standard InChI is InChI=1S/C19H28O3/c1-17(8-7-14-22-19-11-5-6-13-21-19)12-15-20-16-18-9-3-2-4-10-18/h2-4,9-10,12,19H,5-8,11,13-16H2,1H3/b17-12+. The minimum atomic E-state index is 0.0345. The molecule has 0 bridgehead atoms. The van der Waals surface area contributed by atoms with Crippen LogP contribution in [-0.4, -0.2) is 26.1 Å². The number of hydrogen-bond donors (Lipinski definition) is 0. The largest absolute Gasteiger partial charge is 0.373 e. The van der Waals surface area contributed by atoms with Crippen molar-refractivity contribution in [1.29, 1.82) is 0 Å². The van der Waals surface area contributed by atoms with Crippen molar-refractivity contribution in [1.82, 2.24) is 0 Å². The second-order valence-corrected chi connectivity index (χ2v) is 5.82.